The summed E-state index contributed by atoms with van der Waals surface area (Å²) in [7, 11) is 0. The lowest BCUT2D eigenvalue weighted by Gasteiger charge is -2.17. The molecule has 0 saturated carbocycles. The van der Waals surface area contributed by atoms with Crippen LogP contribution in [0.4, 0.5) is 0 Å². The van der Waals surface area contributed by atoms with Crippen molar-refractivity contribution in [3.8, 4) is 11.8 Å². The summed E-state index contributed by atoms with van der Waals surface area (Å²) in [6.07, 6.45) is 0. The Balaban J connectivity index is 3.37. The second-order valence-electron chi connectivity index (χ2n) is 4.51. The second-order valence-corrected chi connectivity index (χ2v) is 4.51. The maximum atomic E-state index is 5.47. The lowest BCUT2D eigenvalue weighted by molar-refractivity contribution is 0.128. The number of nitrogens with zero attached hydrogens (tertiary/aromatic N) is 2. The van der Waals surface area contributed by atoms with Crippen molar-refractivity contribution in [3.63, 3.8) is 0 Å². The summed E-state index contributed by atoms with van der Waals surface area (Å²) in [5.74, 6) is 5.96. The molecule has 20 heavy (non-hydrogen) atoms. The Hall–Kier alpha value is -0.600. The van der Waals surface area contributed by atoms with Gasteiger partial charge in [-0.3, -0.25) is 0 Å². The zero-order valence-corrected chi connectivity index (χ0v) is 13.8. The van der Waals surface area contributed by atoms with Crippen LogP contribution < -0.4 is 0 Å². The van der Waals surface area contributed by atoms with E-state index in [2.05, 4.69) is 49.3 Å². The smallest absolute Gasteiger partial charge is 0.107 e. The molecule has 0 spiro atoms. The Bertz CT molecular complexity index is 229. The molecule has 0 atom stereocenters. The van der Waals surface area contributed by atoms with Gasteiger partial charge >= 0.3 is 0 Å². The van der Waals surface area contributed by atoms with E-state index in [9.17, 15) is 0 Å². The van der Waals surface area contributed by atoms with Crippen LogP contribution in [-0.2, 0) is 9.47 Å². The lowest BCUT2D eigenvalue weighted by atomic mass is 10.5. The molecule has 0 aromatic heterocycles. The van der Waals surface area contributed by atoms with Crippen LogP contribution >= 0.6 is 0 Å². The normalized spacial score (nSPS) is 10.9. The van der Waals surface area contributed by atoms with Crippen LogP contribution in [0.25, 0.3) is 0 Å². The first-order chi connectivity index (χ1) is 9.78. The van der Waals surface area contributed by atoms with Gasteiger partial charge in [0.25, 0.3) is 0 Å². The average molecular weight is 284 g/mol. The van der Waals surface area contributed by atoms with E-state index in [1.54, 1.807) is 0 Å². The summed E-state index contributed by atoms with van der Waals surface area (Å²) in [6, 6.07) is 0. The summed E-state index contributed by atoms with van der Waals surface area (Å²) in [5, 5.41) is 0. The van der Waals surface area contributed by atoms with Crippen molar-refractivity contribution in [2.24, 2.45) is 0 Å². The molecule has 0 aromatic carbocycles. The van der Waals surface area contributed by atoms with Gasteiger partial charge in [-0.05, 0) is 26.2 Å². The van der Waals surface area contributed by atoms with Crippen LogP contribution in [0.1, 0.15) is 27.7 Å². The number of ether oxygens (including phenoxy) is 2. The molecule has 0 bridgehead atoms. The number of rotatable bonds is 12. The molecule has 0 fully saturated rings. The molecule has 4 nitrogen and oxygen atoms in total. The summed E-state index contributed by atoms with van der Waals surface area (Å²) in [6.45, 7) is 17.4. The van der Waals surface area contributed by atoms with Gasteiger partial charge in [-0.15, -0.1) is 0 Å². The summed E-state index contributed by atoms with van der Waals surface area (Å²) < 4.78 is 10.9. The first-order valence-electron chi connectivity index (χ1n) is 7.84. The molecule has 0 aromatic rings. The summed E-state index contributed by atoms with van der Waals surface area (Å²) >= 11 is 0. The topological polar surface area (TPSA) is 24.9 Å². The maximum absolute atomic E-state index is 5.47. The van der Waals surface area contributed by atoms with Crippen LogP contribution in [0.5, 0.6) is 0 Å². The molecule has 0 unspecified atom stereocenters. The van der Waals surface area contributed by atoms with Gasteiger partial charge in [0, 0.05) is 13.1 Å². The molecule has 4 heteroatoms. The van der Waals surface area contributed by atoms with Crippen molar-refractivity contribution in [2.45, 2.75) is 27.7 Å². The van der Waals surface area contributed by atoms with E-state index >= 15 is 0 Å². The molecule has 0 saturated heterocycles. The summed E-state index contributed by atoms with van der Waals surface area (Å²) in [5.41, 5.74) is 0. The first-order valence-corrected chi connectivity index (χ1v) is 7.84. The SMILES string of the molecule is CCN(CC)CCOCC#CCOCCN(CC)CC. The van der Waals surface area contributed by atoms with E-state index in [0.717, 1.165) is 52.5 Å². The molecule has 0 aliphatic heterocycles. The Labute approximate surface area is 125 Å². The quantitative estimate of drug-likeness (QED) is 0.402. The summed E-state index contributed by atoms with van der Waals surface area (Å²) in [4.78, 5) is 4.67. The van der Waals surface area contributed by atoms with Crippen molar-refractivity contribution < 1.29 is 9.47 Å². The van der Waals surface area contributed by atoms with Crippen LogP contribution in [0, 0.1) is 11.8 Å². The van der Waals surface area contributed by atoms with Crippen LogP contribution in [0.3, 0.4) is 0 Å². The van der Waals surface area contributed by atoms with E-state index in [4.69, 9.17) is 9.47 Å². The van der Waals surface area contributed by atoms with Crippen molar-refractivity contribution in [3.05, 3.63) is 0 Å². The zero-order valence-electron chi connectivity index (χ0n) is 13.8. The minimum atomic E-state index is 0.501. The first kappa shape index (κ1) is 19.4. The molecule has 0 N–H and O–H groups in total. The Morgan fingerprint density at radius 1 is 0.650 bits per heavy atom. The lowest BCUT2D eigenvalue weighted by Crippen LogP contribution is -2.27. The van der Waals surface area contributed by atoms with Crippen LogP contribution in [-0.4, -0.2) is 75.5 Å². The molecular weight excluding hydrogens is 252 g/mol. The fraction of sp³-hybridized carbons (Fsp3) is 0.875. The number of hydrogen-bond donors (Lipinski definition) is 0. The van der Waals surface area contributed by atoms with Crippen molar-refractivity contribution in [2.75, 3.05) is 65.7 Å². The molecule has 0 radical (unpaired) electrons. The Morgan fingerprint density at radius 2 is 1.00 bits per heavy atom. The number of hydrogen-bond acceptors (Lipinski definition) is 4. The average Bonchev–Trinajstić information content (AvgIpc) is 2.49. The molecule has 0 heterocycles. The second kappa shape index (κ2) is 14.8. The van der Waals surface area contributed by atoms with Crippen molar-refractivity contribution in [1.82, 2.24) is 9.80 Å². The highest BCUT2D eigenvalue weighted by molar-refractivity contribution is 4.99. The van der Waals surface area contributed by atoms with Gasteiger partial charge < -0.3 is 19.3 Å². The minimum Gasteiger partial charge on any atom is -0.367 e. The number of likely N-dealkylation sites (N-methyl/N-ethyl adjacent to an activating group) is 2. The Morgan fingerprint density at radius 3 is 1.30 bits per heavy atom. The molecule has 0 aliphatic rings. The van der Waals surface area contributed by atoms with Gasteiger partial charge in [0.05, 0.1) is 13.2 Å². The van der Waals surface area contributed by atoms with Crippen LogP contribution in [0.15, 0.2) is 0 Å². The fourth-order valence-electron chi connectivity index (χ4n) is 1.82. The molecule has 0 rings (SSSR count). The standard InChI is InChI=1S/C16H32N2O2/c1-5-17(6-2)11-15-19-13-9-10-14-20-16-12-18(7-3)8-4/h5-8,11-16H2,1-4H3. The van der Waals surface area contributed by atoms with Gasteiger partial charge in [-0.1, -0.05) is 39.5 Å². The van der Waals surface area contributed by atoms with E-state index in [1.165, 1.54) is 0 Å². The van der Waals surface area contributed by atoms with Gasteiger partial charge in [0.2, 0.25) is 0 Å². The fourth-order valence-corrected chi connectivity index (χ4v) is 1.82. The maximum Gasteiger partial charge on any atom is 0.107 e. The predicted molar refractivity (Wildman–Crippen MR) is 85.0 cm³/mol. The highest BCUT2D eigenvalue weighted by atomic mass is 16.5. The molecule has 0 amide bonds. The van der Waals surface area contributed by atoms with Gasteiger partial charge in [0.15, 0.2) is 0 Å². The van der Waals surface area contributed by atoms with Gasteiger partial charge in [-0.2, -0.15) is 0 Å². The van der Waals surface area contributed by atoms with Crippen molar-refractivity contribution >= 4 is 0 Å². The Kier molecular flexibility index (Phi) is 14.4. The third kappa shape index (κ3) is 11.2. The third-order valence-corrected chi connectivity index (χ3v) is 3.37. The van der Waals surface area contributed by atoms with E-state index in [1.807, 2.05) is 0 Å². The van der Waals surface area contributed by atoms with E-state index in [-0.39, 0.29) is 0 Å². The zero-order chi connectivity index (χ0) is 15.1. The highest BCUT2D eigenvalue weighted by Gasteiger charge is 1.97. The van der Waals surface area contributed by atoms with Crippen LogP contribution in [0.2, 0.25) is 0 Å². The largest absolute Gasteiger partial charge is 0.367 e. The molecular formula is C16H32N2O2. The molecule has 118 valence electrons. The predicted octanol–water partition coefficient (Wildman–Crippen LogP) is 1.71. The highest BCUT2D eigenvalue weighted by Crippen LogP contribution is 1.87. The van der Waals surface area contributed by atoms with E-state index in [0.29, 0.717) is 13.2 Å². The minimum absolute atomic E-state index is 0.501. The molecule has 0 aliphatic carbocycles. The van der Waals surface area contributed by atoms with Crippen molar-refractivity contribution in [1.29, 1.82) is 0 Å². The van der Waals surface area contributed by atoms with Gasteiger partial charge in [0.1, 0.15) is 13.2 Å². The van der Waals surface area contributed by atoms with E-state index < -0.39 is 0 Å². The monoisotopic (exact) mass is 284 g/mol. The van der Waals surface area contributed by atoms with Gasteiger partial charge in [-0.25, -0.2) is 0 Å². The third-order valence-electron chi connectivity index (χ3n) is 3.37.